The number of benzene rings is 3. The van der Waals surface area contributed by atoms with Gasteiger partial charge in [-0.05, 0) is 47.7 Å². The van der Waals surface area contributed by atoms with Gasteiger partial charge >= 0.3 is 0 Å². The van der Waals surface area contributed by atoms with Crippen LogP contribution >= 0.6 is 0 Å². The summed E-state index contributed by atoms with van der Waals surface area (Å²) in [6.45, 7) is 6.06. The largest absolute Gasteiger partial charge is 0.490 e. The first-order valence-corrected chi connectivity index (χ1v) is 8.64. The van der Waals surface area contributed by atoms with E-state index >= 15 is 0 Å². The molecule has 0 saturated carbocycles. The summed E-state index contributed by atoms with van der Waals surface area (Å²) in [7, 11) is 0. The Balaban J connectivity index is 1.94. The van der Waals surface area contributed by atoms with Gasteiger partial charge in [0.1, 0.15) is 19.0 Å². The van der Waals surface area contributed by atoms with E-state index in [-0.39, 0.29) is 17.7 Å². The third kappa shape index (κ3) is 4.17. The highest BCUT2D eigenvalue weighted by Gasteiger charge is 2.15. The summed E-state index contributed by atoms with van der Waals surface area (Å²) in [5.41, 5.74) is 1.68. The van der Waals surface area contributed by atoms with Gasteiger partial charge in [-0.3, -0.25) is 0 Å². The molecule has 0 spiro atoms. The normalized spacial score (nSPS) is 11.1. The zero-order valence-electron chi connectivity index (χ0n) is 15.0. The summed E-state index contributed by atoms with van der Waals surface area (Å²) in [6, 6.07) is 14.2. The molecule has 3 aromatic carbocycles. The standard InChI is InChI=1S/C23H20F2O2/c1-3-5-13-27-21-15-18-7-6-17(14-20(18)22(24)23(21)25)16-8-10-19(11-9-16)26-12-4-2/h3-11,14-15H,2,12-13H2,1H3. The van der Waals surface area contributed by atoms with Crippen LogP contribution in [0.3, 0.4) is 0 Å². The third-order valence-electron chi connectivity index (χ3n) is 4.11. The maximum atomic E-state index is 14.6. The van der Waals surface area contributed by atoms with E-state index < -0.39 is 11.6 Å². The average molecular weight is 366 g/mol. The minimum atomic E-state index is -0.975. The van der Waals surface area contributed by atoms with Crippen LogP contribution in [0.25, 0.3) is 21.9 Å². The van der Waals surface area contributed by atoms with Crippen molar-refractivity contribution >= 4 is 10.8 Å². The van der Waals surface area contributed by atoms with Gasteiger partial charge < -0.3 is 9.47 Å². The van der Waals surface area contributed by atoms with Crippen molar-refractivity contribution in [2.24, 2.45) is 0 Å². The number of hydrogen-bond donors (Lipinski definition) is 0. The van der Waals surface area contributed by atoms with Gasteiger partial charge in [-0.25, -0.2) is 4.39 Å². The molecule has 0 heterocycles. The van der Waals surface area contributed by atoms with Crippen molar-refractivity contribution in [3.05, 3.63) is 85.0 Å². The van der Waals surface area contributed by atoms with Crippen molar-refractivity contribution in [1.29, 1.82) is 0 Å². The van der Waals surface area contributed by atoms with Crippen molar-refractivity contribution in [3.63, 3.8) is 0 Å². The first-order chi connectivity index (χ1) is 13.1. The lowest BCUT2D eigenvalue weighted by molar-refractivity contribution is 0.334. The molecule has 0 aliphatic carbocycles. The van der Waals surface area contributed by atoms with Gasteiger partial charge in [0.25, 0.3) is 0 Å². The van der Waals surface area contributed by atoms with E-state index in [0.717, 1.165) is 16.9 Å². The summed E-state index contributed by atoms with van der Waals surface area (Å²) in [5.74, 6) is -1.25. The zero-order valence-corrected chi connectivity index (χ0v) is 15.0. The Morgan fingerprint density at radius 1 is 0.889 bits per heavy atom. The van der Waals surface area contributed by atoms with Crippen LogP contribution in [0.1, 0.15) is 6.92 Å². The van der Waals surface area contributed by atoms with Crippen molar-refractivity contribution in [1.82, 2.24) is 0 Å². The number of allylic oxidation sites excluding steroid dienone is 1. The molecule has 3 rings (SSSR count). The summed E-state index contributed by atoms with van der Waals surface area (Å²) in [4.78, 5) is 0. The highest BCUT2D eigenvalue weighted by molar-refractivity contribution is 5.89. The molecule has 2 nitrogen and oxygen atoms in total. The molecule has 0 amide bonds. The molecule has 0 aliphatic rings. The Kier molecular flexibility index (Phi) is 5.87. The first kappa shape index (κ1) is 18.6. The third-order valence-corrected chi connectivity index (χ3v) is 4.11. The second-order valence-electron chi connectivity index (χ2n) is 5.94. The van der Waals surface area contributed by atoms with Crippen molar-refractivity contribution < 1.29 is 18.3 Å². The number of rotatable bonds is 7. The van der Waals surface area contributed by atoms with Gasteiger partial charge in [0, 0.05) is 5.39 Å². The Morgan fingerprint density at radius 2 is 1.63 bits per heavy atom. The van der Waals surface area contributed by atoms with Gasteiger partial charge in [-0.15, -0.1) is 0 Å². The lowest BCUT2D eigenvalue weighted by Crippen LogP contribution is -1.99. The van der Waals surface area contributed by atoms with Crippen LogP contribution in [0.15, 0.2) is 73.3 Å². The molecule has 0 radical (unpaired) electrons. The van der Waals surface area contributed by atoms with E-state index in [1.807, 2.05) is 37.3 Å². The van der Waals surface area contributed by atoms with Gasteiger partial charge in [0.15, 0.2) is 11.6 Å². The van der Waals surface area contributed by atoms with Crippen LogP contribution in [-0.2, 0) is 0 Å². The molecule has 138 valence electrons. The lowest BCUT2D eigenvalue weighted by atomic mass is 10.0. The van der Waals surface area contributed by atoms with Crippen LogP contribution in [0.4, 0.5) is 8.78 Å². The molecule has 0 aliphatic heterocycles. The summed E-state index contributed by atoms with van der Waals surface area (Å²) in [5, 5.41) is 0.800. The van der Waals surface area contributed by atoms with Gasteiger partial charge in [0.2, 0.25) is 5.82 Å². The molecule has 0 atom stereocenters. The molecule has 0 fully saturated rings. The molecule has 4 heteroatoms. The van der Waals surface area contributed by atoms with Gasteiger partial charge in [-0.1, -0.05) is 49.1 Å². The lowest BCUT2D eigenvalue weighted by Gasteiger charge is -2.10. The Bertz CT molecular complexity index is 976. The van der Waals surface area contributed by atoms with Crippen molar-refractivity contribution in [3.8, 4) is 22.6 Å². The molecule has 0 N–H and O–H groups in total. The number of hydrogen-bond acceptors (Lipinski definition) is 2. The summed E-state index contributed by atoms with van der Waals surface area (Å²) in [6.07, 6.45) is 5.19. The number of halogens is 2. The fraction of sp³-hybridized carbons (Fsp3) is 0.130. The Labute approximate surface area is 157 Å². The van der Waals surface area contributed by atoms with E-state index in [9.17, 15) is 8.78 Å². The predicted octanol–water partition coefficient (Wildman–Crippen LogP) is 6.30. The predicted molar refractivity (Wildman–Crippen MR) is 105 cm³/mol. The molecular weight excluding hydrogens is 346 g/mol. The highest BCUT2D eigenvalue weighted by atomic mass is 19.2. The molecule has 0 aromatic heterocycles. The number of fused-ring (bicyclic) bond motifs is 1. The minimum absolute atomic E-state index is 0.0884. The van der Waals surface area contributed by atoms with Gasteiger partial charge in [-0.2, -0.15) is 4.39 Å². The average Bonchev–Trinajstić information content (AvgIpc) is 2.70. The van der Waals surface area contributed by atoms with E-state index in [2.05, 4.69) is 6.58 Å². The molecular formula is C23H20F2O2. The smallest absolute Gasteiger partial charge is 0.201 e. The summed E-state index contributed by atoms with van der Waals surface area (Å²) >= 11 is 0. The molecule has 0 saturated heterocycles. The Hall–Kier alpha value is -3.14. The molecule has 27 heavy (non-hydrogen) atoms. The maximum absolute atomic E-state index is 14.6. The van der Waals surface area contributed by atoms with Gasteiger partial charge in [0.05, 0.1) is 0 Å². The van der Waals surface area contributed by atoms with Crippen molar-refractivity contribution in [2.45, 2.75) is 6.92 Å². The highest BCUT2D eigenvalue weighted by Crippen LogP contribution is 2.32. The van der Waals surface area contributed by atoms with Crippen LogP contribution < -0.4 is 9.47 Å². The fourth-order valence-electron chi connectivity index (χ4n) is 2.72. The van der Waals surface area contributed by atoms with E-state index in [4.69, 9.17) is 9.47 Å². The maximum Gasteiger partial charge on any atom is 0.201 e. The van der Waals surface area contributed by atoms with Crippen LogP contribution in [0, 0.1) is 11.6 Å². The summed E-state index contributed by atoms with van der Waals surface area (Å²) < 4.78 is 39.6. The molecule has 0 bridgehead atoms. The van der Waals surface area contributed by atoms with E-state index in [0.29, 0.717) is 12.0 Å². The number of ether oxygens (including phenoxy) is 2. The molecule has 0 unspecified atom stereocenters. The van der Waals surface area contributed by atoms with Crippen LogP contribution in [-0.4, -0.2) is 13.2 Å². The van der Waals surface area contributed by atoms with E-state index in [1.165, 1.54) is 6.07 Å². The van der Waals surface area contributed by atoms with E-state index in [1.54, 1.807) is 30.4 Å². The van der Waals surface area contributed by atoms with Crippen LogP contribution in [0.2, 0.25) is 0 Å². The minimum Gasteiger partial charge on any atom is -0.490 e. The zero-order chi connectivity index (χ0) is 19.2. The van der Waals surface area contributed by atoms with Crippen LogP contribution in [0.5, 0.6) is 11.5 Å². The first-order valence-electron chi connectivity index (χ1n) is 8.64. The van der Waals surface area contributed by atoms with Crippen molar-refractivity contribution in [2.75, 3.05) is 13.2 Å². The topological polar surface area (TPSA) is 18.5 Å². The quantitative estimate of drug-likeness (QED) is 0.457. The second-order valence-corrected chi connectivity index (χ2v) is 5.94. The monoisotopic (exact) mass is 366 g/mol. The fourth-order valence-corrected chi connectivity index (χ4v) is 2.72. The molecule has 3 aromatic rings. The SMILES string of the molecule is C=CCOc1ccc(-c2ccc3cc(OCC=CC)c(F)c(F)c3c2)cc1. The Morgan fingerprint density at radius 3 is 2.33 bits per heavy atom. The second kappa shape index (κ2) is 8.49.